The Bertz CT molecular complexity index is 730. The van der Waals surface area contributed by atoms with Crippen molar-refractivity contribution in [2.24, 2.45) is 0 Å². The van der Waals surface area contributed by atoms with Gasteiger partial charge in [0.15, 0.2) is 0 Å². The molecule has 4 nitrogen and oxygen atoms in total. The summed E-state index contributed by atoms with van der Waals surface area (Å²) in [7, 11) is 1.63. The molecule has 2 aromatic rings. The molecule has 2 aliphatic heterocycles. The van der Waals surface area contributed by atoms with Gasteiger partial charge in [-0.15, -0.1) is 0 Å². The van der Waals surface area contributed by atoms with E-state index in [1.54, 1.807) is 7.11 Å². The van der Waals surface area contributed by atoms with Crippen LogP contribution in [0.15, 0.2) is 54.6 Å². The van der Waals surface area contributed by atoms with Crippen LogP contribution in [0.5, 0.6) is 5.75 Å². The van der Waals surface area contributed by atoms with Crippen LogP contribution >= 0.6 is 0 Å². The zero-order valence-corrected chi connectivity index (χ0v) is 15.2. The zero-order valence-electron chi connectivity index (χ0n) is 15.2. The molecule has 2 bridgehead atoms. The molecule has 26 heavy (non-hydrogen) atoms. The van der Waals surface area contributed by atoms with Gasteiger partial charge in [0.2, 0.25) is 0 Å². The summed E-state index contributed by atoms with van der Waals surface area (Å²) in [6, 6.07) is 19.5. The van der Waals surface area contributed by atoms with Crippen LogP contribution in [0, 0.1) is 0 Å². The Kier molecular flexibility index (Phi) is 4.93. The maximum absolute atomic E-state index is 12.6. The van der Waals surface area contributed by atoms with Gasteiger partial charge in [-0.25, -0.2) is 0 Å². The highest BCUT2D eigenvalue weighted by atomic mass is 16.5. The van der Waals surface area contributed by atoms with Gasteiger partial charge in [0.25, 0.3) is 5.91 Å². The van der Waals surface area contributed by atoms with Crippen LogP contribution in [-0.2, 0) is 6.54 Å². The minimum Gasteiger partial charge on any atom is -0.497 e. The normalized spacial score (nSPS) is 25.0. The molecular formula is C22H26N2O2. The lowest BCUT2D eigenvalue weighted by atomic mass is 9.96. The van der Waals surface area contributed by atoms with Crippen LogP contribution in [0.2, 0.25) is 0 Å². The Morgan fingerprint density at radius 2 is 1.69 bits per heavy atom. The van der Waals surface area contributed by atoms with Crippen molar-refractivity contribution in [2.45, 2.75) is 50.4 Å². The van der Waals surface area contributed by atoms with Crippen LogP contribution in [0.4, 0.5) is 0 Å². The molecule has 0 spiro atoms. The number of rotatable bonds is 5. The predicted molar refractivity (Wildman–Crippen MR) is 102 cm³/mol. The van der Waals surface area contributed by atoms with E-state index < -0.39 is 0 Å². The molecule has 4 rings (SSSR count). The van der Waals surface area contributed by atoms with Gasteiger partial charge in [-0.1, -0.05) is 30.3 Å². The minimum absolute atomic E-state index is 0.0218. The highest BCUT2D eigenvalue weighted by molar-refractivity contribution is 5.94. The van der Waals surface area contributed by atoms with Gasteiger partial charge in [-0.2, -0.15) is 0 Å². The molecule has 0 radical (unpaired) electrons. The highest BCUT2D eigenvalue weighted by Gasteiger charge is 2.40. The number of carbonyl (C=O) groups excluding carboxylic acids is 1. The molecule has 0 aromatic heterocycles. The largest absolute Gasteiger partial charge is 0.497 e. The SMILES string of the molecule is COc1ccc(C(=O)NC2C[C@H]3CC[C@H](C2)N3Cc2ccccc2)cc1. The molecule has 0 saturated carbocycles. The van der Waals surface area contributed by atoms with E-state index in [-0.39, 0.29) is 11.9 Å². The second-order valence-electron chi connectivity index (χ2n) is 7.41. The number of hydrogen-bond acceptors (Lipinski definition) is 3. The minimum atomic E-state index is 0.0218. The molecule has 2 aromatic carbocycles. The number of nitrogens with one attached hydrogen (secondary N) is 1. The maximum Gasteiger partial charge on any atom is 0.251 e. The average molecular weight is 350 g/mol. The van der Waals surface area contributed by atoms with Gasteiger partial charge in [-0.3, -0.25) is 9.69 Å². The van der Waals surface area contributed by atoms with Crippen molar-refractivity contribution >= 4 is 5.91 Å². The van der Waals surface area contributed by atoms with E-state index in [1.165, 1.54) is 18.4 Å². The number of amides is 1. The number of ether oxygens (including phenoxy) is 1. The second kappa shape index (κ2) is 7.50. The summed E-state index contributed by atoms with van der Waals surface area (Å²) in [6.07, 6.45) is 4.58. The highest BCUT2D eigenvalue weighted by Crippen LogP contribution is 2.36. The molecule has 2 heterocycles. The van der Waals surface area contributed by atoms with Gasteiger partial charge in [0.1, 0.15) is 5.75 Å². The van der Waals surface area contributed by atoms with Crippen molar-refractivity contribution in [3.8, 4) is 5.75 Å². The Morgan fingerprint density at radius 1 is 1.04 bits per heavy atom. The second-order valence-corrected chi connectivity index (χ2v) is 7.41. The third kappa shape index (κ3) is 3.61. The smallest absolute Gasteiger partial charge is 0.251 e. The molecule has 0 aliphatic carbocycles. The summed E-state index contributed by atoms with van der Waals surface area (Å²) in [5, 5.41) is 3.25. The molecule has 1 N–H and O–H groups in total. The molecule has 4 heteroatoms. The van der Waals surface area contributed by atoms with E-state index in [2.05, 4.69) is 40.5 Å². The van der Waals surface area contributed by atoms with Gasteiger partial charge in [0, 0.05) is 30.2 Å². The third-order valence-corrected chi connectivity index (χ3v) is 5.78. The van der Waals surface area contributed by atoms with Crippen molar-refractivity contribution < 1.29 is 9.53 Å². The first kappa shape index (κ1) is 17.1. The number of carbonyl (C=O) groups is 1. The van der Waals surface area contributed by atoms with Gasteiger partial charge < -0.3 is 10.1 Å². The van der Waals surface area contributed by atoms with Crippen LogP contribution in [-0.4, -0.2) is 36.0 Å². The summed E-state index contributed by atoms with van der Waals surface area (Å²) >= 11 is 0. The fraction of sp³-hybridized carbons (Fsp3) is 0.409. The first-order chi connectivity index (χ1) is 12.7. The quantitative estimate of drug-likeness (QED) is 0.895. The Balaban J connectivity index is 1.36. The molecule has 2 atom stereocenters. The predicted octanol–water partition coefficient (Wildman–Crippen LogP) is 3.62. The summed E-state index contributed by atoms with van der Waals surface area (Å²) in [6.45, 7) is 1.02. The summed E-state index contributed by atoms with van der Waals surface area (Å²) in [5.41, 5.74) is 2.08. The average Bonchev–Trinajstić information content (AvgIpc) is 2.91. The van der Waals surface area contributed by atoms with E-state index in [9.17, 15) is 4.79 Å². The number of hydrogen-bond donors (Lipinski definition) is 1. The number of nitrogens with zero attached hydrogens (tertiary/aromatic N) is 1. The van der Waals surface area contributed by atoms with E-state index >= 15 is 0 Å². The molecular weight excluding hydrogens is 324 g/mol. The zero-order chi connectivity index (χ0) is 17.9. The van der Waals surface area contributed by atoms with E-state index in [0.29, 0.717) is 17.6 Å². The molecule has 0 unspecified atom stereocenters. The van der Waals surface area contributed by atoms with Crippen LogP contribution < -0.4 is 10.1 Å². The number of fused-ring (bicyclic) bond motifs is 2. The van der Waals surface area contributed by atoms with E-state index in [0.717, 1.165) is 25.1 Å². The van der Waals surface area contributed by atoms with E-state index in [1.807, 2.05) is 24.3 Å². The fourth-order valence-electron chi connectivity index (χ4n) is 4.46. The summed E-state index contributed by atoms with van der Waals surface area (Å²) in [5.74, 6) is 0.794. The first-order valence-electron chi connectivity index (χ1n) is 9.47. The van der Waals surface area contributed by atoms with Crippen LogP contribution in [0.1, 0.15) is 41.6 Å². The van der Waals surface area contributed by atoms with Crippen molar-refractivity contribution in [2.75, 3.05) is 7.11 Å². The number of piperidine rings is 1. The summed E-state index contributed by atoms with van der Waals surface area (Å²) in [4.78, 5) is 15.2. The number of methoxy groups -OCH3 is 1. The van der Waals surface area contributed by atoms with Crippen molar-refractivity contribution in [3.63, 3.8) is 0 Å². The maximum atomic E-state index is 12.6. The molecule has 1 amide bonds. The van der Waals surface area contributed by atoms with E-state index in [4.69, 9.17) is 4.74 Å². The number of benzene rings is 2. The summed E-state index contributed by atoms with van der Waals surface area (Å²) < 4.78 is 5.16. The van der Waals surface area contributed by atoms with Gasteiger partial charge in [-0.05, 0) is 55.5 Å². The lowest BCUT2D eigenvalue weighted by Gasteiger charge is -2.39. The Morgan fingerprint density at radius 3 is 2.31 bits per heavy atom. The van der Waals surface area contributed by atoms with Crippen LogP contribution in [0.3, 0.4) is 0 Å². The molecule has 2 fully saturated rings. The van der Waals surface area contributed by atoms with Crippen LogP contribution in [0.25, 0.3) is 0 Å². The standard InChI is InChI=1S/C22H26N2O2/c1-26-21-11-7-17(8-12-21)22(25)23-18-13-19-9-10-20(14-18)24(19)15-16-5-3-2-4-6-16/h2-8,11-12,18-20H,9-10,13-15H2,1H3,(H,23,25)/t19-,20-/m1/s1. The fourth-order valence-corrected chi connectivity index (χ4v) is 4.46. The van der Waals surface area contributed by atoms with Crippen molar-refractivity contribution in [1.82, 2.24) is 10.2 Å². The topological polar surface area (TPSA) is 41.6 Å². The lowest BCUT2D eigenvalue weighted by molar-refractivity contribution is 0.0828. The molecule has 136 valence electrons. The monoisotopic (exact) mass is 350 g/mol. The Hall–Kier alpha value is -2.33. The molecule has 2 aliphatic rings. The lowest BCUT2D eigenvalue weighted by Crippen LogP contribution is -2.49. The molecule has 2 saturated heterocycles. The first-order valence-corrected chi connectivity index (χ1v) is 9.47. The van der Waals surface area contributed by atoms with Crippen molar-refractivity contribution in [3.05, 3.63) is 65.7 Å². The van der Waals surface area contributed by atoms with Gasteiger partial charge in [0.05, 0.1) is 7.11 Å². The third-order valence-electron chi connectivity index (χ3n) is 5.78. The van der Waals surface area contributed by atoms with Crippen molar-refractivity contribution in [1.29, 1.82) is 0 Å². The Labute approximate surface area is 155 Å². The van der Waals surface area contributed by atoms with Gasteiger partial charge >= 0.3 is 0 Å².